The SMILES string of the molecule is Cc1cc(Br)cc(CNC(C)C)c1OC1CCCCC1. The Kier molecular flexibility index (Phi) is 5.91. The number of hydrogen-bond donors (Lipinski definition) is 1. The number of aryl methyl sites for hydroxylation is 1. The molecule has 112 valence electrons. The minimum atomic E-state index is 0.404. The van der Waals surface area contributed by atoms with E-state index in [1.807, 2.05) is 0 Å². The third-order valence-electron chi connectivity index (χ3n) is 3.85. The van der Waals surface area contributed by atoms with Gasteiger partial charge in [-0.3, -0.25) is 0 Å². The lowest BCUT2D eigenvalue weighted by atomic mass is 9.97. The smallest absolute Gasteiger partial charge is 0.127 e. The zero-order valence-electron chi connectivity index (χ0n) is 12.8. The van der Waals surface area contributed by atoms with E-state index >= 15 is 0 Å². The zero-order valence-corrected chi connectivity index (χ0v) is 14.4. The van der Waals surface area contributed by atoms with Gasteiger partial charge in [-0.25, -0.2) is 0 Å². The maximum absolute atomic E-state index is 6.34. The Morgan fingerprint density at radius 1 is 1.25 bits per heavy atom. The van der Waals surface area contributed by atoms with Gasteiger partial charge in [0.05, 0.1) is 6.10 Å². The van der Waals surface area contributed by atoms with E-state index in [4.69, 9.17) is 4.74 Å². The monoisotopic (exact) mass is 339 g/mol. The fourth-order valence-corrected chi connectivity index (χ4v) is 3.38. The number of halogens is 1. The summed E-state index contributed by atoms with van der Waals surface area (Å²) < 4.78 is 7.47. The van der Waals surface area contributed by atoms with E-state index in [2.05, 4.69) is 54.2 Å². The molecule has 0 spiro atoms. The number of nitrogens with one attached hydrogen (secondary N) is 1. The molecule has 1 aromatic rings. The van der Waals surface area contributed by atoms with Crippen molar-refractivity contribution in [2.24, 2.45) is 0 Å². The molecular weight excluding hydrogens is 314 g/mol. The summed E-state index contributed by atoms with van der Waals surface area (Å²) in [7, 11) is 0. The molecule has 0 radical (unpaired) electrons. The van der Waals surface area contributed by atoms with Crippen molar-refractivity contribution in [3.05, 3.63) is 27.7 Å². The lowest BCUT2D eigenvalue weighted by Crippen LogP contribution is -2.24. The Balaban J connectivity index is 2.15. The van der Waals surface area contributed by atoms with Crippen LogP contribution in [-0.2, 0) is 6.54 Å². The Morgan fingerprint density at radius 2 is 1.95 bits per heavy atom. The van der Waals surface area contributed by atoms with Gasteiger partial charge in [-0.05, 0) is 50.3 Å². The van der Waals surface area contributed by atoms with Crippen LogP contribution in [0, 0.1) is 6.92 Å². The molecule has 1 saturated carbocycles. The molecule has 0 bridgehead atoms. The van der Waals surface area contributed by atoms with Crippen LogP contribution in [0.5, 0.6) is 5.75 Å². The second-order valence-electron chi connectivity index (χ2n) is 6.12. The first-order valence-electron chi connectivity index (χ1n) is 7.75. The van der Waals surface area contributed by atoms with Crippen LogP contribution in [0.25, 0.3) is 0 Å². The first kappa shape index (κ1) is 15.8. The van der Waals surface area contributed by atoms with Gasteiger partial charge in [0, 0.05) is 22.6 Å². The molecule has 1 aromatic carbocycles. The van der Waals surface area contributed by atoms with Gasteiger partial charge in [0.15, 0.2) is 0 Å². The summed E-state index contributed by atoms with van der Waals surface area (Å²) in [4.78, 5) is 0. The molecule has 0 unspecified atom stereocenters. The van der Waals surface area contributed by atoms with Crippen molar-refractivity contribution < 1.29 is 4.74 Å². The lowest BCUT2D eigenvalue weighted by molar-refractivity contribution is 0.152. The van der Waals surface area contributed by atoms with Crippen LogP contribution in [0.3, 0.4) is 0 Å². The van der Waals surface area contributed by atoms with Crippen molar-refractivity contribution >= 4 is 15.9 Å². The maximum atomic E-state index is 6.34. The third kappa shape index (κ3) is 4.49. The molecule has 0 saturated heterocycles. The molecule has 3 heteroatoms. The summed E-state index contributed by atoms with van der Waals surface area (Å²) in [6.45, 7) is 7.35. The highest BCUT2D eigenvalue weighted by atomic mass is 79.9. The van der Waals surface area contributed by atoms with Gasteiger partial charge in [0.1, 0.15) is 5.75 Å². The quantitative estimate of drug-likeness (QED) is 0.817. The molecule has 0 heterocycles. The average molecular weight is 340 g/mol. The summed E-state index contributed by atoms with van der Waals surface area (Å²) in [6.07, 6.45) is 6.78. The first-order chi connectivity index (χ1) is 9.56. The van der Waals surface area contributed by atoms with Gasteiger partial charge in [0.2, 0.25) is 0 Å². The largest absolute Gasteiger partial charge is 0.490 e. The van der Waals surface area contributed by atoms with Crippen LogP contribution in [0.15, 0.2) is 16.6 Å². The van der Waals surface area contributed by atoms with Gasteiger partial charge in [0.25, 0.3) is 0 Å². The van der Waals surface area contributed by atoms with Crippen molar-refractivity contribution in [2.75, 3.05) is 0 Å². The van der Waals surface area contributed by atoms with Crippen molar-refractivity contribution in [1.29, 1.82) is 0 Å². The number of benzene rings is 1. The van der Waals surface area contributed by atoms with Gasteiger partial charge in [-0.1, -0.05) is 36.2 Å². The molecule has 0 amide bonds. The van der Waals surface area contributed by atoms with Gasteiger partial charge in [-0.2, -0.15) is 0 Å². The van der Waals surface area contributed by atoms with Crippen molar-refractivity contribution in [3.63, 3.8) is 0 Å². The van der Waals surface area contributed by atoms with E-state index < -0.39 is 0 Å². The van der Waals surface area contributed by atoms with Crippen LogP contribution < -0.4 is 10.1 Å². The van der Waals surface area contributed by atoms with E-state index in [1.165, 1.54) is 43.2 Å². The highest BCUT2D eigenvalue weighted by molar-refractivity contribution is 9.10. The molecule has 1 aliphatic rings. The van der Waals surface area contributed by atoms with Crippen LogP contribution in [0.2, 0.25) is 0 Å². The van der Waals surface area contributed by atoms with Crippen LogP contribution in [-0.4, -0.2) is 12.1 Å². The standard InChI is InChI=1S/C17H26BrNO/c1-12(2)19-11-14-10-15(18)9-13(3)17(14)20-16-7-5-4-6-8-16/h9-10,12,16,19H,4-8,11H2,1-3H3. The molecule has 2 rings (SSSR count). The van der Waals surface area contributed by atoms with E-state index in [0.29, 0.717) is 12.1 Å². The normalized spacial score (nSPS) is 16.6. The predicted octanol–water partition coefficient (Wildman–Crippen LogP) is 4.97. The summed E-state index contributed by atoms with van der Waals surface area (Å²) in [5.74, 6) is 1.09. The Bertz CT molecular complexity index is 439. The fraction of sp³-hybridized carbons (Fsp3) is 0.647. The van der Waals surface area contributed by atoms with Crippen molar-refractivity contribution in [2.45, 2.75) is 71.6 Å². The third-order valence-corrected chi connectivity index (χ3v) is 4.31. The van der Waals surface area contributed by atoms with E-state index in [0.717, 1.165) is 16.8 Å². The molecule has 0 atom stereocenters. The fourth-order valence-electron chi connectivity index (χ4n) is 2.76. The number of ether oxygens (including phenoxy) is 1. The Hall–Kier alpha value is -0.540. The summed E-state index contributed by atoms with van der Waals surface area (Å²) >= 11 is 3.60. The van der Waals surface area contributed by atoms with E-state index in [-0.39, 0.29) is 0 Å². The molecule has 0 aliphatic heterocycles. The van der Waals surface area contributed by atoms with E-state index in [9.17, 15) is 0 Å². The van der Waals surface area contributed by atoms with Crippen LogP contribution in [0.1, 0.15) is 57.1 Å². The highest BCUT2D eigenvalue weighted by Gasteiger charge is 2.18. The molecule has 1 aliphatic carbocycles. The Labute approximate surface area is 131 Å². The highest BCUT2D eigenvalue weighted by Crippen LogP contribution is 2.31. The zero-order chi connectivity index (χ0) is 14.5. The summed E-state index contributed by atoms with van der Waals surface area (Å²) in [6, 6.07) is 4.81. The number of rotatable bonds is 5. The molecule has 2 nitrogen and oxygen atoms in total. The van der Waals surface area contributed by atoms with E-state index in [1.54, 1.807) is 0 Å². The molecule has 1 N–H and O–H groups in total. The average Bonchev–Trinajstić information content (AvgIpc) is 2.41. The molecular formula is C17H26BrNO. The molecule has 1 fully saturated rings. The van der Waals surface area contributed by atoms with Crippen molar-refractivity contribution in [3.8, 4) is 5.75 Å². The minimum Gasteiger partial charge on any atom is -0.490 e. The predicted molar refractivity (Wildman–Crippen MR) is 88.4 cm³/mol. The van der Waals surface area contributed by atoms with Crippen LogP contribution in [0.4, 0.5) is 0 Å². The molecule has 20 heavy (non-hydrogen) atoms. The summed E-state index contributed by atoms with van der Waals surface area (Å²) in [5, 5.41) is 3.49. The lowest BCUT2D eigenvalue weighted by Gasteiger charge is -2.26. The topological polar surface area (TPSA) is 21.3 Å². The van der Waals surface area contributed by atoms with Crippen LogP contribution >= 0.6 is 15.9 Å². The van der Waals surface area contributed by atoms with Crippen molar-refractivity contribution in [1.82, 2.24) is 5.32 Å². The number of hydrogen-bond acceptors (Lipinski definition) is 2. The van der Waals surface area contributed by atoms with Gasteiger partial charge < -0.3 is 10.1 Å². The maximum Gasteiger partial charge on any atom is 0.127 e. The van der Waals surface area contributed by atoms with Gasteiger partial charge >= 0.3 is 0 Å². The molecule has 0 aromatic heterocycles. The van der Waals surface area contributed by atoms with Gasteiger partial charge in [-0.15, -0.1) is 0 Å². The first-order valence-corrected chi connectivity index (χ1v) is 8.54. The second kappa shape index (κ2) is 7.46. The Morgan fingerprint density at radius 3 is 2.60 bits per heavy atom. The minimum absolute atomic E-state index is 0.404. The second-order valence-corrected chi connectivity index (χ2v) is 7.04. The summed E-state index contributed by atoms with van der Waals surface area (Å²) in [5.41, 5.74) is 2.49.